The topological polar surface area (TPSA) is 59.3 Å². The van der Waals surface area contributed by atoms with Crippen LogP contribution in [0.25, 0.3) is 11.0 Å². The maximum absolute atomic E-state index is 12.1. The lowest BCUT2D eigenvalue weighted by Gasteiger charge is -2.31. The maximum atomic E-state index is 12.1. The van der Waals surface area contributed by atoms with Crippen molar-refractivity contribution < 1.29 is 12.8 Å². The average molecular weight is 330 g/mol. The van der Waals surface area contributed by atoms with E-state index in [1.807, 2.05) is 13.0 Å². The van der Waals surface area contributed by atoms with Crippen LogP contribution in [-0.4, -0.2) is 26.0 Å². The minimum atomic E-state index is -3.27. The normalized spacial score (nSPS) is 14.5. The summed E-state index contributed by atoms with van der Waals surface area (Å²) in [6.07, 6.45) is 1.25. The second kappa shape index (κ2) is 5.63. The van der Waals surface area contributed by atoms with Crippen LogP contribution in [-0.2, 0) is 9.84 Å². The van der Waals surface area contributed by atoms with Crippen molar-refractivity contribution in [3.05, 3.63) is 35.0 Å². The van der Waals surface area contributed by atoms with E-state index in [9.17, 15) is 8.42 Å². The molecule has 0 fully saturated rings. The van der Waals surface area contributed by atoms with Gasteiger partial charge in [0, 0.05) is 16.7 Å². The van der Waals surface area contributed by atoms with E-state index in [1.54, 1.807) is 32.0 Å². The lowest BCUT2D eigenvalue weighted by Crippen LogP contribution is -2.44. The Balaban J connectivity index is 2.55. The van der Waals surface area contributed by atoms with Gasteiger partial charge in [0.15, 0.2) is 9.84 Å². The van der Waals surface area contributed by atoms with Crippen LogP contribution >= 0.6 is 11.6 Å². The molecule has 0 amide bonds. The summed E-state index contributed by atoms with van der Waals surface area (Å²) in [6.45, 7) is 5.98. The molecule has 1 atom stereocenters. The zero-order chi connectivity index (χ0) is 15.8. The highest BCUT2D eigenvalue weighted by molar-refractivity contribution is 7.92. The number of sulfone groups is 1. The average Bonchev–Trinajstić information content (AvgIpc) is 2.76. The lowest BCUT2D eigenvalue weighted by molar-refractivity contribution is 0.367. The number of benzene rings is 1. The zero-order valence-corrected chi connectivity index (χ0v) is 14.2. The summed E-state index contributed by atoms with van der Waals surface area (Å²) in [6, 6.07) is 6.77. The van der Waals surface area contributed by atoms with Gasteiger partial charge in [0.05, 0.1) is 10.8 Å². The van der Waals surface area contributed by atoms with Gasteiger partial charge >= 0.3 is 0 Å². The molecule has 0 radical (unpaired) electrons. The Morgan fingerprint density at radius 2 is 2.00 bits per heavy atom. The fraction of sp³-hybridized carbons (Fsp3) is 0.467. The molecule has 0 bridgehead atoms. The first-order valence-electron chi connectivity index (χ1n) is 6.79. The molecule has 1 unspecified atom stereocenters. The van der Waals surface area contributed by atoms with Gasteiger partial charge in [-0.05, 0) is 44.7 Å². The van der Waals surface area contributed by atoms with Gasteiger partial charge in [-0.15, -0.1) is 0 Å². The Kier molecular flexibility index (Phi) is 4.38. The number of hydrogen-bond donors (Lipinski definition) is 1. The van der Waals surface area contributed by atoms with Crippen molar-refractivity contribution >= 4 is 32.4 Å². The third kappa shape index (κ3) is 3.10. The lowest BCUT2D eigenvalue weighted by atomic mass is 10.0. The Morgan fingerprint density at radius 3 is 2.57 bits per heavy atom. The van der Waals surface area contributed by atoms with Crippen LogP contribution < -0.4 is 5.32 Å². The summed E-state index contributed by atoms with van der Waals surface area (Å²) < 4.78 is 29.1. The second-order valence-corrected chi connectivity index (χ2v) is 8.73. The molecule has 0 saturated heterocycles. The number of rotatable bonds is 5. The predicted molar refractivity (Wildman–Crippen MR) is 86.6 cm³/mol. The number of fused-ring (bicyclic) bond motifs is 1. The van der Waals surface area contributed by atoms with E-state index < -0.39 is 20.6 Å². The quantitative estimate of drug-likeness (QED) is 0.911. The van der Waals surface area contributed by atoms with Gasteiger partial charge in [-0.25, -0.2) is 8.42 Å². The molecule has 0 spiro atoms. The number of halogens is 1. The van der Waals surface area contributed by atoms with Gasteiger partial charge < -0.3 is 9.73 Å². The predicted octanol–water partition coefficient (Wildman–Crippen LogP) is 3.56. The summed E-state index contributed by atoms with van der Waals surface area (Å²) in [5.74, 6) is 0.601. The van der Waals surface area contributed by atoms with Crippen LogP contribution in [0.3, 0.4) is 0 Å². The first-order chi connectivity index (χ1) is 9.66. The fourth-order valence-electron chi connectivity index (χ4n) is 2.28. The number of nitrogens with one attached hydrogen (secondary N) is 1. The smallest absolute Gasteiger partial charge is 0.154 e. The van der Waals surface area contributed by atoms with Gasteiger partial charge in [-0.3, -0.25) is 0 Å². The van der Waals surface area contributed by atoms with Crippen LogP contribution in [0.1, 0.15) is 32.6 Å². The van der Waals surface area contributed by atoms with Crippen molar-refractivity contribution in [1.29, 1.82) is 0 Å². The molecule has 0 saturated carbocycles. The van der Waals surface area contributed by atoms with Gasteiger partial charge in [0.1, 0.15) is 11.3 Å². The van der Waals surface area contributed by atoms with Gasteiger partial charge in [-0.1, -0.05) is 18.5 Å². The van der Waals surface area contributed by atoms with E-state index in [-0.39, 0.29) is 0 Å². The Hall–Kier alpha value is -1.04. The molecule has 6 heteroatoms. The molecule has 1 aromatic carbocycles. The van der Waals surface area contributed by atoms with Gasteiger partial charge in [-0.2, -0.15) is 0 Å². The summed E-state index contributed by atoms with van der Waals surface area (Å²) in [5.41, 5.74) is 0.696. The molecule has 0 aliphatic heterocycles. The fourth-order valence-corrected chi connectivity index (χ4v) is 3.09. The SMILES string of the molecule is CCNC(c1cc2cc(Cl)ccc2o1)C(C)(C)S(C)(=O)=O. The maximum Gasteiger partial charge on any atom is 0.154 e. The van der Waals surface area contributed by atoms with Crippen LogP contribution in [0.15, 0.2) is 28.7 Å². The molecule has 21 heavy (non-hydrogen) atoms. The highest BCUT2D eigenvalue weighted by Gasteiger charge is 2.41. The van der Waals surface area contributed by atoms with Crippen molar-refractivity contribution in [3.63, 3.8) is 0 Å². The molecule has 2 aromatic rings. The van der Waals surface area contributed by atoms with Crippen molar-refractivity contribution in [2.24, 2.45) is 0 Å². The Morgan fingerprint density at radius 1 is 1.33 bits per heavy atom. The third-order valence-electron chi connectivity index (χ3n) is 3.84. The molecule has 4 nitrogen and oxygen atoms in total. The summed E-state index contributed by atoms with van der Waals surface area (Å²) in [7, 11) is -3.27. The number of furan rings is 1. The second-order valence-electron chi connectivity index (χ2n) is 5.70. The van der Waals surface area contributed by atoms with E-state index >= 15 is 0 Å². The zero-order valence-electron chi connectivity index (χ0n) is 12.6. The first kappa shape index (κ1) is 16.3. The van der Waals surface area contributed by atoms with Crippen molar-refractivity contribution in [1.82, 2.24) is 5.32 Å². The van der Waals surface area contributed by atoms with Crippen molar-refractivity contribution in [2.45, 2.75) is 31.6 Å². The van der Waals surface area contributed by atoms with E-state index in [4.69, 9.17) is 16.0 Å². The third-order valence-corrected chi connectivity index (χ3v) is 6.22. The largest absolute Gasteiger partial charge is 0.459 e. The molecule has 2 rings (SSSR count). The molecule has 1 aromatic heterocycles. The molecule has 1 N–H and O–H groups in total. The molecule has 0 aliphatic carbocycles. The van der Waals surface area contributed by atoms with Crippen LogP contribution in [0.5, 0.6) is 0 Å². The standard InChI is InChI=1S/C15H20ClNO3S/c1-5-17-14(15(2,3)21(4,18)19)13-9-10-8-11(16)6-7-12(10)20-13/h6-9,14,17H,5H2,1-4H3. The molecule has 1 heterocycles. The van der Waals surface area contributed by atoms with Crippen LogP contribution in [0.4, 0.5) is 0 Å². The van der Waals surface area contributed by atoms with E-state index in [1.165, 1.54) is 6.26 Å². The van der Waals surface area contributed by atoms with E-state index in [2.05, 4.69) is 5.32 Å². The molecule has 116 valence electrons. The summed E-state index contributed by atoms with van der Waals surface area (Å²) in [4.78, 5) is 0. The van der Waals surface area contributed by atoms with Gasteiger partial charge in [0.25, 0.3) is 0 Å². The first-order valence-corrected chi connectivity index (χ1v) is 9.05. The number of hydrogen-bond acceptors (Lipinski definition) is 4. The molecular formula is C15H20ClNO3S. The van der Waals surface area contributed by atoms with Crippen molar-refractivity contribution in [2.75, 3.05) is 12.8 Å². The highest BCUT2D eigenvalue weighted by atomic mass is 35.5. The Labute approximate surface area is 130 Å². The van der Waals surface area contributed by atoms with E-state index in [0.29, 0.717) is 22.9 Å². The van der Waals surface area contributed by atoms with Crippen LogP contribution in [0.2, 0.25) is 5.02 Å². The van der Waals surface area contributed by atoms with E-state index in [0.717, 1.165) is 5.39 Å². The van der Waals surface area contributed by atoms with Crippen molar-refractivity contribution in [3.8, 4) is 0 Å². The van der Waals surface area contributed by atoms with Crippen LogP contribution in [0, 0.1) is 0 Å². The monoisotopic (exact) mass is 329 g/mol. The summed E-state index contributed by atoms with van der Waals surface area (Å²) >= 11 is 5.98. The van der Waals surface area contributed by atoms with Gasteiger partial charge in [0.2, 0.25) is 0 Å². The Bertz CT molecular complexity index is 749. The highest BCUT2D eigenvalue weighted by Crippen LogP contribution is 2.35. The summed E-state index contributed by atoms with van der Waals surface area (Å²) in [5, 5.41) is 4.70. The molecule has 0 aliphatic rings. The minimum absolute atomic E-state index is 0.427. The minimum Gasteiger partial charge on any atom is -0.459 e. The molecular weight excluding hydrogens is 310 g/mol.